The third-order valence-electron chi connectivity index (χ3n) is 6.39. The maximum Gasteiger partial charge on any atom is 0.435 e. The van der Waals surface area contributed by atoms with Gasteiger partial charge in [-0.1, -0.05) is 5.16 Å². The third kappa shape index (κ3) is 5.17. The summed E-state index contributed by atoms with van der Waals surface area (Å²) in [7, 11) is 0. The summed E-state index contributed by atoms with van der Waals surface area (Å²) in [6, 6.07) is 7.69. The molecule has 13 heteroatoms. The third-order valence-corrected chi connectivity index (χ3v) is 6.39. The van der Waals surface area contributed by atoms with E-state index in [2.05, 4.69) is 25.5 Å². The molecule has 41 heavy (non-hydrogen) atoms. The van der Waals surface area contributed by atoms with E-state index in [4.69, 9.17) is 13.7 Å². The van der Waals surface area contributed by atoms with Crippen molar-refractivity contribution in [1.82, 2.24) is 24.9 Å². The van der Waals surface area contributed by atoms with Crippen molar-refractivity contribution < 1.29 is 32.0 Å². The van der Waals surface area contributed by atoms with Gasteiger partial charge in [-0.05, 0) is 70.0 Å². The number of halogens is 2. The number of ether oxygens (including phenoxy) is 1. The molecule has 210 valence electrons. The highest BCUT2D eigenvalue weighted by Crippen LogP contribution is 2.43. The molecule has 1 aliphatic rings. The van der Waals surface area contributed by atoms with E-state index in [0.29, 0.717) is 34.1 Å². The average molecular weight is 563 g/mol. The Kier molecular flexibility index (Phi) is 6.16. The first-order chi connectivity index (χ1) is 19.5. The molecule has 0 radical (unpaired) electrons. The molecule has 0 unspecified atom stereocenters. The summed E-state index contributed by atoms with van der Waals surface area (Å²) in [5, 5.41) is 11.2. The van der Waals surface area contributed by atoms with Crippen molar-refractivity contribution in [3.8, 4) is 22.8 Å². The molecule has 1 saturated carbocycles. The van der Waals surface area contributed by atoms with Crippen LogP contribution in [-0.2, 0) is 4.74 Å². The Morgan fingerprint density at radius 1 is 1.17 bits per heavy atom. The lowest BCUT2D eigenvalue weighted by molar-refractivity contribution is 0.0522. The number of aromatic nitrogens is 5. The van der Waals surface area contributed by atoms with Crippen LogP contribution in [0.4, 0.5) is 19.3 Å². The van der Waals surface area contributed by atoms with Gasteiger partial charge in [0.1, 0.15) is 17.6 Å². The minimum absolute atomic E-state index is 0.00422. The van der Waals surface area contributed by atoms with Gasteiger partial charge < -0.3 is 19.0 Å². The Morgan fingerprint density at radius 3 is 2.68 bits per heavy atom. The number of oxazole rings is 1. The zero-order chi connectivity index (χ0) is 29.1. The number of fused-ring (bicyclic) bond motifs is 1. The van der Waals surface area contributed by atoms with Crippen molar-refractivity contribution >= 4 is 28.6 Å². The van der Waals surface area contributed by atoms with Gasteiger partial charge in [-0.3, -0.25) is 4.79 Å². The van der Waals surface area contributed by atoms with Gasteiger partial charge in [-0.15, -0.1) is 0 Å². The number of rotatable bonds is 5. The molecule has 3 aromatic heterocycles. The second kappa shape index (κ2) is 9.61. The molecule has 1 aliphatic carbocycles. The number of nitrogens with zero attached hydrogens (tertiary/aromatic N) is 5. The lowest BCUT2D eigenvalue weighted by Crippen LogP contribution is -2.27. The number of hydrogen-bond donors (Lipinski definition) is 1. The highest BCUT2D eigenvalue weighted by Gasteiger charge is 2.43. The van der Waals surface area contributed by atoms with Crippen LogP contribution in [-0.4, -0.2) is 48.7 Å². The fourth-order valence-corrected chi connectivity index (χ4v) is 4.21. The first-order valence-electron chi connectivity index (χ1n) is 12.7. The number of alkyl halides is 1. The number of nitrogens with one attached hydrogen (secondary N) is 1. The van der Waals surface area contributed by atoms with E-state index in [0.717, 1.165) is 4.68 Å². The first-order valence-corrected chi connectivity index (χ1v) is 12.7. The van der Waals surface area contributed by atoms with Crippen molar-refractivity contribution in [2.45, 2.75) is 51.8 Å². The topological polar surface area (TPSA) is 138 Å². The Balaban J connectivity index is 1.20. The van der Waals surface area contributed by atoms with Gasteiger partial charge in [0.15, 0.2) is 0 Å². The second-order valence-corrected chi connectivity index (χ2v) is 10.8. The number of anilines is 1. The normalized spacial score (nSPS) is 16.6. The number of hydrogen-bond acceptors (Lipinski definition) is 9. The van der Waals surface area contributed by atoms with Gasteiger partial charge in [0.2, 0.25) is 23.4 Å². The number of carbonyl (C=O) groups excluding carboxylic acids is 2. The van der Waals surface area contributed by atoms with E-state index < -0.39 is 35.5 Å². The highest BCUT2D eigenvalue weighted by atomic mass is 19.1. The second-order valence-electron chi connectivity index (χ2n) is 10.8. The van der Waals surface area contributed by atoms with Crippen LogP contribution in [0.1, 0.15) is 55.1 Å². The maximum absolute atomic E-state index is 14.7. The quantitative estimate of drug-likeness (QED) is 0.271. The molecule has 2 atom stereocenters. The molecule has 0 aliphatic heterocycles. The van der Waals surface area contributed by atoms with Crippen LogP contribution in [0.15, 0.2) is 51.7 Å². The minimum Gasteiger partial charge on any atom is -0.442 e. The molecule has 1 fully saturated rings. The number of benzene rings is 2. The van der Waals surface area contributed by atoms with Crippen LogP contribution in [0.2, 0.25) is 0 Å². The zero-order valence-electron chi connectivity index (χ0n) is 22.4. The van der Waals surface area contributed by atoms with E-state index in [1.807, 2.05) is 0 Å². The van der Waals surface area contributed by atoms with Crippen LogP contribution < -0.4 is 5.32 Å². The molecule has 0 bridgehead atoms. The Morgan fingerprint density at radius 2 is 1.95 bits per heavy atom. The number of carbonyl (C=O) groups is 2. The van der Waals surface area contributed by atoms with Crippen LogP contribution in [0.3, 0.4) is 0 Å². The molecule has 5 aromatic rings. The zero-order valence-corrected chi connectivity index (χ0v) is 22.4. The van der Waals surface area contributed by atoms with Crippen LogP contribution >= 0.6 is 0 Å². The smallest absolute Gasteiger partial charge is 0.435 e. The number of aryl methyl sites for hydroxylation is 1. The standard InChI is InChI=1S/C28H24F2N6O5/c1-13-7-18(29)16(23-34-26(41-35-23)17-9-19(17)30)10-20(13)33-24(37)22-12-31-25(39-22)14-5-6-21-15(8-14)11-32-36(21)27(38)40-28(2,3)4/h5-8,10-12,17,19H,9H2,1-4H3,(H,33,37)/t17-,19-/m0/s1. The monoisotopic (exact) mass is 562 g/mol. The van der Waals surface area contributed by atoms with Crippen molar-refractivity contribution in [2.75, 3.05) is 5.32 Å². The van der Waals surface area contributed by atoms with Gasteiger partial charge in [0.25, 0.3) is 5.91 Å². The van der Waals surface area contributed by atoms with Crippen LogP contribution in [0.25, 0.3) is 33.7 Å². The summed E-state index contributed by atoms with van der Waals surface area (Å²) in [6.45, 7) is 6.92. The maximum atomic E-state index is 14.7. The predicted molar refractivity (Wildman–Crippen MR) is 141 cm³/mol. The fraction of sp³-hybridized carbons (Fsp3) is 0.286. The molecule has 1 amide bonds. The molecule has 6 rings (SSSR count). The Hall–Kier alpha value is -4.94. The van der Waals surface area contributed by atoms with Crippen LogP contribution in [0, 0.1) is 12.7 Å². The van der Waals surface area contributed by atoms with Crippen molar-refractivity contribution in [3.05, 3.63) is 65.8 Å². The van der Waals surface area contributed by atoms with Crippen molar-refractivity contribution in [3.63, 3.8) is 0 Å². The fourth-order valence-electron chi connectivity index (χ4n) is 4.21. The van der Waals surface area contributed by atoms with Gasteiger partial charge in [0, 0.05) is 16.6 Å². The van der Waals surface area contributed by atoms with E-state index >= 15 is 0 Å². The SMILES string of the molecule is Cc1cc(F)c(-c2noc([C@H]3C[C@@H]3F)n2)cc1NC(=O)c1cnc(-c2ccc3c(cnn3C(=O)OC(C)(C)C)c2)o1. The van der Waals surface area contributed by atoms with Gasteiger partial charge >= 0.3 is 6.09 Å². The summed E-state index contributed by atoms with van der Waals surface area (Å²) in [4.78, 5) is 33.8. The molecule has 0 spiro atoms. The minimum atomic E-state index is -1.04. The molecule has 0 saturated heterocycles. The summed E-state index contributed by atoms with van der Waals surface area (Å²) < 4.78 is 45.4. The summed E-state index contributed by atoms with van der Waals surface area (Å²) in [5.74, 6) is -1.54. The summed E-state index contributed by atoms with van der Waals surface area (Å²) in [5.41, 5.74) is 1.15. The average Bonchev–Trinajstić information content (AvgIpc) is 3.35. The highest BCUT2D eigenvalue weighted by molar-refractivity contribution is 6.03. The van der Waals surface area contributed by atoms with E-state index in [-0.39, 0.29) is 28.9 Å². The lowest BCUT2D eigenvalue weighted by Gasteiger charge is -2.19. The van der Waals surface area contributed by atoms with E-state index in [9.17, 15) is 18.4 Å². The van der Waals surface area contributed by atoms with Gasteiger partial charge in [0.05, 0.1) is 29.4 Å². The Labute approximate surface area is 231 Å². The van der Waals surface area contributed by atoms with Gasteiger partial charge in [-0.25, -0.2) is 18.6 Å². The molecule has 11 nitrogen and oxygen atoms in total. The molecular formula is C28H24F2N6O5. The van der Waals surface area contributed by atoms with Crippen molar-refractivity contribution in [2.24, 2.45) is 0 Å². The van der Waals surface area contributed by atoms with Crippen LogP contribution in [0.5, 0.6) is 0 Å². The molecule has 2 aromatic carbocycles. The van der Waals surface area contributed by atoms with E-state index in [1.165, 1.54) is 24.5 Å². The molecule has 1 N–H and O–H groups in total. The first kappa shape index (κ1) is 26.3. The summed E-state index contributed by atoms with van der Waals surface area (Å²) in [6.07, 6.45) is 1.44. The largest absolute Gasteiger partial charge is 0.442 e. The molecule has 3 heterocycles. The predicted octanol–water partition coefficient (Wildman–Crippen LogP) is 6.05. The number of amides is 1. The molecular weight excluding hydrogens is 538 g/mol. The lowest BCUT2D eigenvalue weighted by atomic mass is 10.1. The van der Waals surface area contributed by atoms with Gasteiger partial charge in [-0.2, -0.15) is 14.8 Å². The summed E-state index contributed by atoms with van der Waals surface area (Å²) >= 11 is 0. The van der Waals surface area contributed by atoms with Crippen molar-refractivity contribution in [1.29, 1.82) is 0 Å². The van der Waals surface area contributed by atoms with E-state index in [1.54, 1.807) is 45.9 Å². The Bertz CT molecular complexity index is 1820.